The van der Waals surface area contributed by atoms with E-state index < -0.39 is 7.12 Å². The first-order valence-corrected chi connectivity index (χ1v) is 10.8. The van der Waals surface area contributed by atoms with Crippen molar-refractivity contribution in [3.8, 4) is 0 Å². The van der Waals surface area contributed by atoms with E-state index in [1.165, 1.54) is 12.8 Å². The number of carbonyl (C=O) groups excluding carboxylic acids is 1. The average Bonchev–Trinajstić information content (AvgIpc) is 3.12. The maximum Gasteiger partial charge on any atom is 0.481 e. The second-order valence-electron chi connectivity index (χ2n) is 8.25. The maximum absolute atomic E-state index is 12.0. The van der Waals surface area contributed by atoms with Gasteiger partial charge in [0.25, 0.3) is 0 Å². The Hall–Kier alpha value is -1.37. The van der Waals surface area contributed by atoms with Gasteiger partial charge in [0.1, 0.15) is 0 Å². The Balaban J connectivity index is 0.00000136. The van der Waals surface area contributed by atoms with Crippen molar-refractivity contribution in [3.63, 3.8) is 0 Å². The Kier molecular flexibility index (Phi) is 8.53. The van der Waals surface area contributed by atoms with Crippen LogP contribution in [0.25, 0.3) is 0 Å². The Morgan fingerprint density at radius 3 is 2.46 bits per heavy atom. The van der Waals surface area contributed by atoms with Gasteiger partial charge < -0.3 is 20.4 Å². The molecule has 1 heterocycles. The van der Waals surface area contributed by atoms with Gasteiger partial charge in [-0.3, -0.25) is 4.79 Å². The minimum atomic E-state index is -0.433. The Morgan fingerprint density at radius 1 is 1.29 bits per heavy atom. The molecule has 5 nitrogen and oxygen atoms in total. The smallest absolute Gasteiger partial charge is 0.404 e. The van der Waals surface area contributed by atoms with Crippen molar-refractivity contribution in [2.24, 2.45) is 17.1 Å². The second kappa shape index (κ2) is 10.4. The predicted molar refractivity (Wildman–Crippen MR) is 115 cm³/mol. The van der Waals surface area contributed by atoms with Gasteiger partial charge in [-0.15, -0.1) is 0 Å². The van der Waals surface area contributed by atoms with Crippen LogP contribution in [0.3, 0.4) is 0 Å². The summed E-state index contributed by atoms with van der Waals surface area (Å²) in [5.74, 6) is 0.0920. The van der Waals surface area contributed by atoms with E-state index in [0.717, 1.165) is 12.0 Å². The van der Waals surface area contributed by atoms with Gasteiger partial charge in [-0.1, -0.05) is 65.0 Å². The topological polar surface area (TPSA) is 73.6 Å². The van der Waals surface area contributed by atoms with Gasteiger partial charge in [0.2, 0.25) is 5.91 Å². The third-order valence-electron chi connectivity index (χ3n) is 6.03. The molecule has 3 N–H and O–H groups in total. The van der Waals surface area contributed by atoms with Crippen LogP contribution in [0.15, 0.2) is 30.3 Å². The molecular formula is C22H37BN2O3. The summed E-state index contributed by atoms with van der Waals surface area (Å²) < 4.78 is 12.7. The molecule has 0 spiro atoms. The molecule has 28 heavy (non-hydrogen) atoms. The van der Waals surface area contributed by atoms with E-state index in [2.05, 4.69) is 38.2 Å². The largest absolute Gasteiger partial charge is 0.481 e. The van der Waals surface area contributed by atoms with Crippen molar-refractivity contribution in [2.75, 3.05) is 6.54 Å². The quantitative estimate of drug-likeness (QED) is 0.703. The van der Waals surface area contributed by atoms with E-state index >= 15 is 0 Å². The SMILES string of the molecule is CC.CCC1OB(C(Cc2ccccc2)NC(=O)CN)OC1C1CCC1(C)C. The number of hydrogen-bond donors (Lipinski definition) is 2. The fraction of sp³-hybridized carbons (Fsp3) is 0.682. The van der Waals surface area contributed by atoms with E-state index in [9.17, 15) is 4.79 Å². The summed E-state index contributed by atoms with van der Waals surface area (Å²) in [6, 6.07) is 10.1. The monoisotopic (exact) mass is 388 g/mol. The third kappa shape index (κ3) is 5.37. The van der Waals surface area contributed by atoms with E-state index in [-0.39, 0.29) is 30.6 Å². The fourth-order valence-electron chi connectivity index (χ4n) is 4.24. The zero-order valence-electron chi connectivity index (χ0n) is 18.1. The summed E-state index contributed by atoms with van der Waals surface area (Å²) in [6.45, 7) is 10.7. The highest BCUT2D eigenvalue weighted by Gasteiger charge is 2.53. The van der Waals surface area contributed by atoms with Crippen LogP contribution in [0.1, 0.15) is 59.4 Å². The number of rotatable bonds is 7. The van der Waals surface area contributed by atoms with Crippen LogP contribution in [0.5, 0.6) is 0 Å². The van der Waals surface area contributed by atoms with Gasteiger partial charge in [0.15, 0.2) is 0 Å². The Bertz CT molecular complexity index is 611. The van der Waals surface area contributed by atoms with Gasteiger partial charge in [-0.05, 0) is 42.6 Å². The standard InChI is InChI=1S/C20H31BN2O3.C2H6/c1-4-16-19(15-10-11-20(15,2)3)26-21(25-16)17(23-18(24)13-22)12-14-8-6-5-7-9-14;1-2/h5-9,15-17,19H,4,10-13,22H2,1-3H3,(H,23,24);1-2H3. The van der Waals surface area contributed by atoms with Crippen LogP contribution in [0, 0.1) is 11.3 Å². The van der Waals surface area contributed by atoms with Crippen molar-refractivity contribution in [3.05, 3.63) is 35.9 Å². The highest BCUT2D eigenvalue weighted by molar-refractivity contribution is 6.47. The van der Waals surface area contributed by atoms with E-state index in [1.807, 2.05) is 32.0 Å². The molecule has 1 amide bonds. The molecule has 4 unspecified atom stereocenters. The summed E-state index contributed by atoms with van der Waals surface area (Å²) in [5, 5.41) is 3.00. The summed E-state index contributed by atoms with van der Waals surface area (Å²) in [5.41, 5.74) is 6.95. The second-order valence-corrected chi connectivity index (χ2v) is 8.25. The molecule has 156 valence electrons. The molecule has 4 atom stereocenters. The minimum Gasteiger partial charge on any atom is -0.404 e. The normalized spacial score (nSPS) is 26.6. The number of hydrogen-bond acceptors (Lipinski definition) is 4. The lowest BCUT2D eigenvalue weighted by atomic mass is 9.59. The van der Waals surface area contributed by atoms with Gasteiger partial charge in [0.05, 0.1) is 24.7 Å². The van der Waals surface area contributed by atoms with E-state index in [0.29, 0.717) is 17.8 Å². The minimum absolute atomic E-state index is 0.0334. The predicted octanol–water partition coefficient (Wildman–Crippen LogP) is 3.36. The van der Waals surface area contributed by atoms with Gasteiger partial charge in [0, 0.05) is 0 Å². The fourth-order valence-corrected chi connectivity index (χ4v) is 4.24. The first-order chi connectivity index (χ1) is 13.4. The van der Waals surface area contributed by atoms with Crippen LogP contribution in [-0.4, -0.2) is 37.7 Å². The van der Waals surface area contributed by atoms with E-state index in [4.69, 9.17) is 15.0 Å². The lowest BCUT2D eigenvalue weighted by Crippen LogP contribution is -2.51. The van der Waals surface area contributed by atoms with Crippen molar-refractivity contribution < 1.29 is 14.1 Å². The third-order valence-corrected chi connectivity index (χ3v) is 6.03. The summed E-state index contributed by atoms with van der Waals surface area (Å²) in [4.78, 5) is 12.0. The molecule has 1 aliphatic heterocycles. The van der Waals surface area contributed by atoms with Crippen LogP contribution in [0.2, 0.25) is 0 Å². The lowest BCUT2D eigenvalue weighted by molar-refractivity contribution is -0.120. The molecule has 3 rings (SSSR count). The van der Waals surface area contributed by atoms with E-state index in [1.54, 1.807) is 0 Å². The van der Waals surface area contributed by atoms with Crippen molar-refractivity contribution in [2.45, 2.75) is 78.5 Å². The Labute approximate surface area is 170 Å². The number of amides is 1. The van der Waals surface area contributed by atoms with Gasteiger partial charge in [-0.2, -0.15) is 0 Å². The molecule has 1 aromatic carbocycles. The molecule has 0 aromatic heterocycles. The lowest BCUT2D eigenvalue weighted by Gasteiger charge is -2.48. The van der Waals surface area contributed by atoms with Crippen molar-refractivity contribution in [1.29, 1.82) is 0 Å². The molecule has 1 aromatic rings. The maximum atomic E-state index is 12.0. The first kappa shape index (κ1) is 22.9. The number of nitrogens with one attached hydrogen (secondary N) is 1. The van der Waals surface area contributed by atoms with Crippen LogP contribution < -0.4 is 11.1 Å². The molecule has 1 saturated heterocycles. The molecule has 1 aliphatic carbocycles. The molecule has 2 fully saturated rings. The van der Waals surface area contributed by atoms with Crippen molar-refractivity contribution in [1.82, 2.24) is 5.32 Å². The van der Waals surface area contributed by atoms with Gasteiger partial charge in [-0.25, -0.2) is 0 Å². The molecule has 6 heteroatoms. The zero-order chi connectivity index (χ0) is 20.7. The molecule has 0 bridgehead atoms. The first-order valence-electron chi connectivity index (χ1n) is 10.8. The highest BCUT2D eigenvalue weighted by atomic mass is 16.7. The molecule has 2 aliphatic rings. The van der Waals surface area contributed by atoms with Crippen LogP contribution in [0.4, 0.5) is 0 Å². The molecule has 0 radical (unpaired) electrons. The average molecular weight is 388 g/mol. The number of nitrogens with two attached hydrogens (primary N) is 1. The Morgan fingerprint density at radius 2 is 1.96 bits per heavy atom. The van der Waals surface area contributed by atoms with Crippen LogP contribution in [-0.2, 0) is 20.5 Å². The summed E-state index contributed by atoms with van der Waals surface area (Å²) >= 11 is 0. The highest BCUT2D eigenvalue weighted by Crippen LogP contribution is 2.51. The molecule has 1 saturated carbocycles. The zero-order valence-corrected chi connectivity index (χ0v) is 18.1. The van der Waals surface area contributed by atoms with Gasteiger partial charge >= 0.3 is 7.12 Å². The van der Waals surface area contributed by atoms with Crippen LogP contribution >= 0.6 is 0 Å². The number of carbonyl (C=O) groups is 1. The van der Waals surface area contributed by atoms with Crippen molar-refractivity contribution >= 4 is 13.0 Å². The summed E-state index contributed by atoms with van der Waals surface area (Å²) in [7, 11) is -0.433. The molecular weight excluding hydrogens is 351 g/mol. The number of benzene rings is 1. The summed E-state index contributed by atoms with van der Waals surface area (Å²) in [6.07, 6.45) is 4.17.